The van der Waals surface area contributed by atoms with E-state index in [0.29, 0.717) is 25.3 Å². The topological polar surface area (TPSA) is 75.7 Å². The first kappa shape index (κ1) is 20.7. The Morgan fingerprint density at radius 1 is 1.38 bits per heavy atom. The molecule has 0 bridgehead atoms. The van der Waals surface area contributed by atoms with Gasteiger partial charge in [-0.1, -0.05) is 6.92 Å². The second-order valence-electron chi connectivity index (χ2n) is 6.88. The largest absolute Gasteiger partial charge is 0.494 e. The van der Waals surface area contributed by atoms with Gasteiger partial charge < -0.3 is 10.1 Å². The number of piperidine rings is 1. The van der Waals surface area contributed by atoms with E-state index in [1.54, 1.807) is 18.2 Å². The minimum Gasteiger partial charge on any atom is -0.494 e. The van der Waals surface area contributed by atoms with Gasteiger partial charge in [0.25, 0.3) is 0 Å². The molecule has 6 nitrogen and oxygen atoms in total. The zero-order chi connectivity index (χ0) is 19.3. The summed E-state index contributed by atoms with van der Waals surface area (Å²) < 4.78 is 32.9. The fraction of sp³-hybridized carbons (Fsp3) is 0.632. The molecule has 1 fully saturated rings. The third kappa shape index (κ3) is 4.76. The van der Waals surface area contributed by atoms with E-state index in [4.69, 9.17) is 4.74 Å². The van der Waals surface area contributed by atoms with Gasteiger partial charge in [0.2, 0.25) is 15.9 Å². The van der Waals surface area contributed by atoms with Crippen LogP contribution in [0.2, 0.25) is 0 Å². The zero-order valence-electron chi connectivity index (χ0n) is 16.1. The summed E-state index contributed by atoms with van der Waals surface area (Å²) in [5.41, 5.74) is 0.788. The van der Waals surface area contributed by atoms with Crippen LogP contribution in [0.25, 0.3) is 0 Å². The number of nitrogens with one attached hydrogen (secondary N) is 1. The standard InChI is InChI=1S/C19H30N2O4S/c1-5-15(4)20-19(22)16-8-7-11-21(13-16)26(23,24)17-9-10-18(25-6-2)14(3)12-17/h9-10,12,15-16H,5-8,11,13H2,1-4H3,(H,20,22)/t15-,16-/m1/s1. The lowest BCUT2D eigenvalue weighted by atomic mass is 9.98. The molecular weight excluding hydrogens is 352 g/mol. The van der Waals surface area contributed by atoms with Crippen LogP contribution in [0.15, 0.2) is 23.1 Å². The Bertz CT molecular complexity index is 733. The first-order valence-corrected chi connectivity index (χ1v) is 10.8. The summed E-state index contributed by atoms with van der Waals surface area (Å²) in [6.07, 6.45) is 2.26. The molecule has 1 heterocycles. The molecule has 1 amide bonds. The first-order chi connectivity index (χ1) is 12.3. The quantitative estimate of drug-likeness (QED) is 0.787. The molecule has 1 N–H and O–H groups in total. The van der Waals surface area contributed by atoms with Gasteiger partial charge in [-0.05, 0) is 63.8 Å². The molecule has 2 atom stereocenters. The van der Waals surface area contributed by atoms with Gasteiger partial charge in [0.05, 0.1) is 17.4 Å². The van der Waals surface area contributed by atoms with E-state index in [2.05, 4.69) is 5.32 Å². The monoisotopic (exact) mass is 382 g/mol. The molecule has 1 aromatic carbocycles. The van der Waals surface area contributed by atoms with Crippen molar-refractivity contribution in [2.75, 3.05) is 19.7 Å². The SMILES string of the molecule is CCOc1ccc(S(=O)(=O)N2CCC[C@@H](C(=O)N[C@H](C)CC)C2)cc1C. The Morgan fingerprint density at radius 3 is 2.73 bits per heavy atom. The normalized spacial score (nSPS) is 19.8. The number of carbonyl (C=O) groups excluding carboxylic acids is 1. The van der Waals surface area contributed by atoms with Gasteiger partial charge in [-0.3, -0.25) is 4.79 Å². The van der Waals surface area contributed by atoms with E-state index >= 15 is 0 Å². The van der Waals surface area contributed by atoms with Gasteiger partial charge in [-0.25, -0.2) is 8.42 Å². The molecule has 1 aliphatic rings. The van der Waals surface area contributed by atoms with Crippen molar-refractivity contribution in [2.24, 2.45) is 5.92 Å². The van der Waals surface area contributed by atoms with Gasteiger partial charge >= 0.3 is 0 Å². The maximum Gasteiger partial charge on any atom is 0.243 e. The van der Waals surface area contributed by atoms with E-state index < -0.39 is 10.0 Å². The molecule has 2 rings (SSSR count). The predicted molar refractivity (Wildman–Crippen MR) is 102 cm³/mol. The second kappa shape index (κ2) is 8.86. The van der Waals surface area contributed by atoms with Crippen molar-refractivity contribution in [1.82, 2.24) is 9.62 Å². The van der Waals surface area contributed by atoms with Crippen LogP contribution in [-0.2, 0) is 14.8 Å². The van der Waals surface area contributed by atoms with Crippen molar-refractivity contribution in [1.29, 1.82) is 0 Å². The summed E-state index contributed by atoms with van der Waals surface area (Å²) in [4.78, 5) is 12.6. The highest BCUT2D eigenvalue weighted by Crippen LogP contribution is 2.27. The molecule has 146 valence electrons. The van der Waals surface area contributed by atoms with Gasteiger partial charge in [0.1, 0.15) is 5.75 Å². The van der Waals surface area contributed by atoms with Crippen molar-refractivity contribution in [2.45, 2.75) is 57.9 Å². The summed E-state index contributed by atoms with van der Waals surface area (Å²) >= 11 is 0. The van der Waals surface area contributed by atoms with Gasteiger partial charge in [-0.2, -0.15) is 4.31 Å². The van der Waals surface area contributed by atoms with Crippen molar-refractivity contribution in [3.8, 4) is 5.75 Å². The molecule has 1 aliphatic heterocycles. The summed E-state index contributed by atoms with van der Waals surface area (Å²) in [6.45, 7) is 8.91. The van der Waals surface area contributed by atoms with E-state index in [1.165, 1.54) is 4.31 Å². The van der Waals surface area contributed by atoms with Crippen LogP contribution in [0.5, 0.6) is 5.75 Å². The number of benzene rings is 1. The van der Waals surface area contributed by atoms with E-state index in [1.807, 2.05) is 27.7 Å². The van der Waals surface area contributed by atoms with Crippen LogP contribution in [0.3, 0.4) is 0 Å². The molecule has 0 spiro atoms. The number of carbonyl (C=O) groups is 1. The Balaban J connectivity index is 2.15. The molecule has 0 radical (unpaired) electrons. The average Bonchev–Trinajstić information content (AvgIpc) is 2.63. The summed E-state index contributed by atoms with van der Waals surface area (Å²) in [5, 5.41) is 2.96. The van der Waals surface area contributed by atoms with Crippen LogP contribution in [0, 0.1) is 12.8 Å². The fourth-order valence-electron chi connectivity index (χ4n) is 3.09. The molecule has 0 saturated carbocycles. The summed E-state index contributed by atoms with van der Waals surface area (Å²) in [7, 11) is -3.62. The number of sulfonamides is 1. The third-order valence-corrected chi connectivity index (χ3v) is 6.70. The Hall–Kier alpha value is -1.60. The van der Waals surface area contributed by atoms with E-state index in [0.717, 1.165) is 18.4 Å². The molecule has 0 aromatic heterocycles. The fourth-order valence-corrected chi connectivity index (χ4v) is 4.70. The highest BCUT2D eigenvalue weighted by Gasteiger charge is 2.33. The molecule has 26 heavy (non-hydrogen) atoms. The van der Waals surface area contributed by atoms with Gasteiger partial charge in [0.15, 0.2) is 0 Å². The minimum absolute atomic E-state index is 0.0536. The van der Waals surface area contributed by atoms with Crippen molar-refractivity contribution >= 4 is 15.9 Å². The molecule has 0 aliphatic carbocycles. The highest BCUT2D eigenvalue weighted by atomic mass is 32.2. The number of rotatable bonds is 7. The van der Waals surface area contributed by atoms with Crippen LogP contribution in [0.1, 0.15) is 45.6 Å². The second-order valence-corrected chi connectivity index (χ2v) is 8.82. The predicted octanol–water partition coefficient (Wildman–Crippen LogP) is 2.71. The zero-order valence-corrected chi connectivity index (χ0v) is 16.9. The third-order valence-electron chi connectivity index (χ3n) is 4.84. The number of hydrogen-bond acceptors (Lipinski definition) is 4. The van der Waals surface area contributed by atoms with Crippen LogP contribution < -0.4 is 10.1 Å². The van der Waals surface area contributed by atoms with Crippen molar-refractivity contribution in [3.05, 3.63) is 23.8 Å². The Morgan fingerprint density at radius 2 is 2.12 bits per heavy atom. The van der Waals surface area contributed by atoms with Gasteiger partial charge in [0, 0.05) is 19.1 Å². The average molecular weight is 383 g/mol. The number of amides is 1. The van der Waals surface area contributed by atoms with E-state index in [-0.39, 0.29) is 29.3 Å². The van der Waals surface area contributed by atoms with Crippen molar-refractivity contribution < 1.29 is 17.9 Å². The Labute approximate surface area is 157 Å². The Kier molecular flexibility index (Phi) is 7.06. The molecular formula is C19H30N2O4S. The molecule has 7 heteroatoms. The number of hydrogen-bond donors (Lipinski definition) is 1. The number of aryl methyl sites for hydroxylation is 1. The lowest BCUT2D eigenvalue weighted by Gasteiger charge is -2.32. The van der Waals surface area contributed by atoms with Crippen LogP contribution >= 0.6 is 0 Å². The van der Waals surface area contributed by atoms with Crippen LogP contribution in [0.4, 0.5) is 0 Å². The number of nitrogens with zero attached hydrogens (tertiary/aromatic N) is 1. The minimum atomic E-state index is -3.62. The highest BCUT2D eigenvalue weighted by molar-refractivity contribution is 7.89. The molecule has 1 saturated heterocycles. The molecule has 1 aromatic rings. The number of ether oxygens (including phenoxy) is 1. The first-order valence-electron chi connectivity index (χ1n) is 9.33. The smallest absolute Gasteiger partial charge is 0.243 e. The lowest BCUT2D eigenvalue weighted by Crippen LogP contribution is -2.47. The maximum atomic E-state index is 13.0. The van der Waals surface area contributed by atoms with Crippen molar-refractivity contribution in [3.63, 3.8) is 0 Å². The van der Waals surface area contributed by atoms with E-state index in [9.17, 15) is 13.2 Å². The van der Waals surface area contributed by atoms with Crippen LogP contribution in [-0.4, -0.2) is 44.4 Å². The lowest BCUT2D eigenvalue weighted by molar-refractivity contribution is -0.126. The molecule has 0 unspecified atom stereocenters. The van der Waals surface area contributed by atoms with Gasteiger partial charge in [-0.15, -0.1) is 0 Å². The summed E-state index contributed by atoms with van der Waals surface area (Å²) in [6, 6.07) is 5.02. The maximum absolute atomic E-state index is 13.0. The summed E-state index contributed by atoms with van der Waals surface area (Å²) in [5.74, 6) is 0.342.